The SMILES string of the molecule is CCC[CH2][Sn]([CH2]CCC)([CH2]CCC)[CH2]OC1CNCC1N. The fourth-order valence-corrected chi connectivity index (χ4v) is 17.8. The van der Waals surface area contributed by atoms with Crippen LogP contribution in [0.3, 0.4) is 0 Å². The van der Waals surface area contributed by atoms with E-state index < -0.39 is 18.4 Å². The van der Waals surface area contributed by atoms with E-state index >= 15 is 0 Å². The van der Waals surface area contributed by atoms with Crippen molar-refractivity contribution in [2.24, 2.45) is 5.73 Å². The minimum absolute atomic E-state index is 0.206. The van der Waals surface area contributed by atoms with E-state index in [4.69, 9.17) is 10.5 Å². The second kappa shape index (κ2) is 11.3. The van der Waals surface area contributed by atoms with Gasteiger partial charge in [0.1, 0.15) is 0 Å². The summed E-state index contributed by atoms with van der Waals surface area (Å²) in [5.41, 5.74) is 6.14. The molecule has 1 rings (SSSR count). The second-order valence-corrected chi connectivity index (χ2v) is 20.6. The van der Waals surface area contributed by atoms with E-state index in [2.05, 4.69) is 26.1 Å². The number of hydrogen-bond acceptors (Lipinski definition) is 3. The van der Waals surface area contributed by atoms with Crippen molar-refractivity contribution in [1.29, 1.82) is 0 Å². The number of rotatable bonds is 12. The van der Waals surface area contributed by atoms with Gasteiger partial charge in [0, 0.05) is 0 Å². The van der Waals surface area contributed by atoms with Gasteiger partial charge in [0.05, 0.1) is 0 Å². The number of unbranched alkanes of at least 4 members (excludes halogenated alkanes) is 3. The Morgan fingerprint density at radius 1 is 0.952 bits per heavy atom. The summed E-state index contributed by atoms with van der Waals surface area (Å²) in [4.78, 5) is 0. The van der Waals surface area contributed by atoms with Crippen molar-refractivity contribution < 1.29 is 4.74 Å². The monoisotopic (exact) mass is 406 g/mol. The summed E-state index contributed by atoms with van der Waals surface area (Å²) in [6, 6.07) is 0.206. The molecule has 1 saturated heterocycles. The molecule has 0 aromatic rings. The Bertz CT molecular complexity index is 241. The van der Waals surface area contributed by atoms with Crippen LogP contribution in [0.2, 0.25) is 13.3 Å². The average molecular weight is 405 g/mol. The van der Waals surface area contributed by atoms with E-state index in [1.807, 2.05) is 0 Å². The summed E-state index contributed by atoms with van der Waals surface area (Å²) < 4.78 is 12.1. The van der Waals surface area contributed by atoms with Crippen LogP contribution in [0.15, 0.2) is 0 Å². The molecule has 1 aliphatic heterocycles. The Balaban J connectivity index is 2.60. The molecule has 0 aromatic carbocycles. The zero-order valence-corrected chi connectivity index (χ0v) is 17.5. The van der Waals surface area contributed by atoms with Crippen molar-refractivity contribution in [3.05, 3.63) is 0 Å². The van der Waals surface area contributed by atoms with Gasteiger partial charge in [-0.3, -0.25) is 0 Å². The maximum atomic E-state index is 6.38. The molecule has 0 aromatic heterocycles. The van der Waals surface area contributed by atoms with Crippen LogP contribution in [0.25, 0.3) is 0 Å². The summed E-state index contributed by atoms with van der Waals surface area (Å²) in [6.07, 6.45) is 8.53. The number of nitrogens with one attached hydrogen (secondary N) is 1. The predicted molar refractivity (Wildman–Crippen MR) is 95.5 cm³/mol. The Hall–Kier alpha value is 0.679. The van der Waals surface area contributed by atoms with Crippen LogP contribution in [0.4, 0.5) is 0 Å². The van der Waals surface area contributed by atoms with Gasteiger partial charge in [-0.2, -0.15) is 0 Å². The molecule has 3 nitrogen and oxygen atoms in total. The number of hydrogen-bond donors (Lipinski definition) is 2. The zero-order valence-electron chi connectivity index (χ0n) is 14.6. The van der Waals surface area contributed by atoms with E-state index in [9.17, 15) is 0 Å². The molecular formula is C17H38N2OSn. The molecule has 0 amide bonds. The quantitative estimate of drug-likeness (QED) is 0.487. The zero-order chi connectivity index (χ0) is 15.6. The van der Waals surface area contributed by atoms with E-state index in [1.54, 1.807) is 0 Å². The third-order valence-corrected chi connectivity index (χ3v) is 19.3. The van der Waals surface area contributed by atoms with Crippen LogP contribution < -0.4 is 11.1 Å². The first kappa shape index (κ1) is 19.7. The van der Waals surface area contributed by atoms with Crippen molar-refractivity contribution in [2.75, 3.05) is 17.7 Å². The Labute approximate surface area is 136 Å². The van der Waals surface area contributed by atoms with Gasteiger partial charge < -0.3 is 0 Å². The van der Waals surface area contributed by atoms with Crippen molar-refractivity contribution in [1.82, 2.24) is 5.32 Å². The van der Waals surface area contributed by atoms with Gasteiger partial charge in [-0.1, -0.05) is 0 Å². The summed E-state index contributed by atoms with van der Waals surface area (Å²) in [5.74, 6) is 0. The summed E-state index contributed by atoms with van der Waals surface area (Å²) in [5, 5.41) is 3.36. The fourth-order valence-electron chi connectivity index (χ4n) is 3.39. The van der Waals surface area contributed by atoms with Crippen molar-refractivity contribution in [2.45, 2.75) is 84.8 Å². The molecule has 4 heteroatoms. The molecule has 0 spiro atoms. The van der Waals surface area contributed by atoms with Gasteiger partial charge in [-0.15, -0.1) is 0 Å². The van der Waals surface area contributed by atoms with E-state index in [0.29, 0.717) is 0 Å². The van der Waals surface area contributed by atoms with Crippen LogP contribution >= 0.6 is 0 Å². The Kier molecular flexibility index (Phi) is 10.6. The summed E-state index contributed by atoms with van der Waals surface area (Å²) >= 11 is -2.11. The van der Waals surface area contributed by atoms with Crippen LogP contribution in [-0.4, -0.2) is 48.2 Å². The van der Waals surface area contributed by atoms with Gasteiger partial charge in [-0.25, -0.2) is 0 Å². The molecule has 2 atom stereocenters. The summed E-state index contributed by atoms with van der Waals surface area (Å²) in [7, 11) is 0. The number of ether oxygens (including phenoxy) is 1. The molecule has 0 bridgehead atoms. The predicted octanol–water partition coefficient (Wildman–Crippen LogP) is 3.69. The van der Waals surface area contributed by atoms with Gasteiger partial charge in [0.15, 0.2) is 0 Å². The first-order chi connectivity index (χ1) is 10.2. The topological polar surface area (TPSA) is 47.3 Å². The molecular weight excluding hydrogens is 367 g/mol. The first-order valence-electron chi connectivity index (χ1n) is 9.25. The molecule has 0 aliphatic carbocycles. The van der Waals surface area contributed by atoms with Crippen LogP contribution in [0.5, 0.6) is 0 Å². The molecule has 1 fully saturated rings. The van der Waals surface area contributed by atoms with Gasteiger partial charge in [0.2, 0.25) is 0 Å². The molecule has 1 aliphatic rings. The van der Waals surface area contributed by atoms with Crippen molar-refractivity contribution >= 4 is 18.4 Å². The van der Waals surface area contributed by atoms with Crippen LogP contribution in [-0.2, 0) is 4.74 Å². The van der Waals surface area contributed by atoms with Crippen LogP contribution in [0, 0.1) is 0 Å². The molecule has 1 heterocycles. The minimum atomic E-state index is -2.11. The molecule has 2 unspecified atom stereocenters. The van der Waals surface area contributed by atoms with E-state index in [1.165, 1.54) is 51.8 Å². The molecule has 21 heavy (non-hydrogen) atoms. The maximum absolute atomic E-state index is 6.38. The molecule has 0 saturated carbocycles. The van der Waals surface area contributed by atoms with Crippen molar-refractivity contribution in [3.63, 3.8) is 0 Å². The Morgan fingerprint density at radius 3 is 1.86 bits per heavy atom. The molecule has 3 N–H and O–H groups in total. The second-order valence-electron chi connectivity index (χ2n) is 6.98. The van der Waals surface area contributed by atoms with E-state index in [-0.39, 0.29) is 12.1 Å². The normalized spacial score (nSPS) is 22.9. The third-order valence-electron chi connectivity index (χ3n) is 4.99. The van der Waals surface area contributed by atoms with Gasteiger partial charge >= 0.3 is 137 Å². The fraction of sp³-hybridized carbons (Fsp3) is 1.00. The van der Waals surface area contributed by atoms with Gasteiger partial charge in [-0.05, 0) is 0 Å². The van der Waals surface area contributed by atoms with E-state index in [0.717, 1.165) is 17.7 Å². The number of nitrogens with two attached hydrogens (primary N) is 1. The van der Waals surface area contributed by atoms with Crippen molar-refractivity contribution in [3.8, 4) is 0 Å². The first-order valence-corrected chi connectivity index (χ1v) is 17.3. The Morgan fingerprint density at radius 2 is 1.48 bits per heavy atom. The summed E-state index contributed by atoms with van der Waals surface area (Å²) in [6.45, 7) is 8.86. The van der Waals surface area contributed by atoms with Crippen LogP contribution in [0.1, 0.15) is 59.3 Å². The molecule has 0 radical (unpaired) electrons. The standard InChI is InChI=1S/C5H11N2O.3C4H9.Sn/c1-8-5-3-7-2-4(5)6;3*1-3-4-2;/h4-5,7H,1-3,6H2;3*1,3-4H2,2H3;. The van der Waals surface area contributed by atoms with Gasteiger partial charge in [0.25, 0.3) is 0 Å². The molecule has 126 valence electrons. The average Bonchev–Trinajstić information content (AvgIpc) is 2.91. The third kappa shape index (κ3) is 7.19.